The van der Waals surface area contributed by atoms with Crippen LogP contribution >= 0.6 is 0 Å². The normalized spacial score (nSPS) is 10.4. The van der Waals surface area contributed by atoms with Crippen molar-refractivity contribution in [2.45, 2.75) is 19.9 Å². The number of aromatic nitrogens is 2. The van der Waals surface area contributed by atoms with Gasteiger partial charge in [-0.05, 0) is 31.2 Å². The number of nitrogens with one attached hydrogen (secondary N) is 1. The van der Waals surface area contributed by atoms with Crippen LogP contribution in [0.4, 0.5) is 0 Å². The molecule has 0 spiro atoms. The van der Waals surface area contributed by atoms with E-state index in [-0.39, 0.29) is 0 Å². The van der Waals surface area contributed by atoms with Crippen molar-refractivity contribution >= 4 is 0 Å². The molecule has 0 bridgehead atoms. The Balaban J connectivity index is 2.22. The quantitative estimate of drug-likeness (QED) is 0.808. The first-order valence-corrected chi connectivity index (χ1v) is 6.51. The van der Waals surface area contributed by atoms with E-state index in [0.29, 0.717) is 5.82 Å². The van der Waals surface area contributed by atoms with Crippen LogP contribution in [-0.4, -0.2) is 23.6 Å². The highest BCUT2D eigenvalue weighted by atomic mass is 16.5. The molecule has 2 rings (SSSR count). The Morgan fingerprint density at radius 2 is 2.05 bits per heavy atom. The highest BCUT2D eigenvalue weighted by molar-refractivity contribution is 5.63. The molecule has 0 atom stereocenters. The SMILES string of the molecule is CCCNCc1ccnc(-c2ccccc2OC)n1. The van der Waals surface area contributed by atoms with E-state index < -0.39 is 0 Å². The predicted octanol–water partition coefficient (Wildman–Crippen LogP) is 2.65. The molecule has 0 aliphatic carbocycles. The number of nitrogens with zero attached hydrogens (tertiary/aromatic N) is 2. The fraction of sp³-hybridized carbons (Fsp3) is 0.333. The number of benzene rings is 1. The van der Waals surface area contributed by atoms with Crippen molar-refractivity contribution in [1.82, 2.24) is 15.3 Å². The average molecular weight is 257 g/mol. The fourth-order valence-corrected chi connectivity index (χ4v) is 1.85. The summed E-state index contributed by atoms with van der Waals surface area (Å²) in [7, 11) is 1.66. The van der Waals surface area contributed by atoms with E-state index in [2.05, 4.69) is 22.2 Å². The van der Waals surface area contributed by atoms with Gasteiger partial charge in [0.15, 0.2) is 5.82 Å². The number of hydrogen-bond acceptors (Lipinski definition) is 4. The maximum Gasteiger partial charge on any atom is 0.163 e. The van der Waals surface area contributed by atoms with Crippen LogP contribution in [0.5, 0.6) is 5.75 Å². The lowest BCUT2D eigenvalue weighted by atomic mass is 10.2. The van der Waals surface area contributed by atoms with E-state index in [0.717, 1.165) is 36.5 Å². The summed E-state index contributed by atoms with van der Waals surface area (Å²) in [6.07, 6.45) is 2.90. The van der Waals surface area contributed by atoms with E-state index in [4.69, 9.17) is 4.74 Å². The van der Waals surface area contributed by atoms with Crippen LogP contribution in [0, 0.1) is 0 Å². The van der Waals surface area contributed by atoms with Crippen molar-refractivity contribution in [3.05, 3.63) is 42.2 Å². The third-order valence-corrected chi connectivity index (χ3v) is 2.79. The van der Waals surface area contributed by atoms with Crippen LogP contribution in [0.15, 0.2) is 36.5 Å². The summed E-state index contributed by atoms with van der Waals surface area (Å²) in [5.74, 6) is 1.49. The van der Waals surface area contributed by atoms with E-state index in [1.807, 2.05) is 30.3 Å². The molecular formula is C15H19N3O. The summed E-state index contributed by atoms with van der Waals surface area (Å²) in [5, 5.41) is 3.34. The molecule has 19 heavy (non-hydrogen) atoms. The van der Waals surface area contributed by atoms with Crippen molar-refractivity contribution < 1.29 is 4.74 Å². The van der Waals surface area contributed by atoms with Gasteiger partial charge in [0, 0.05) is 12.7 Å². The minimum absolute atomic E-state index is 0.702. The lowest BCUT2D eigenvalue weighted by Crippen LogP contribution is -2.15. The van der Waals surface area contributed by atoms with Crippen LogP contribution < -0.4 is 10.1 Å². The third kappa shape index (κ3) is 3.51. The topological polar surface area (TPSA) is 47.0 Å². The second-order valence-corrected chi connectivity index (χ2v) is 4.25. The first-order chi connectivity index (χ1) is 9.35. The Hall–Kier alpha value is -1.94. The average Bonchev–Trinajstić information content (AvgIpc) is 2.48. The van der Waals surface area contributed by atoms with Crippen LogP contribution in [0.3, 0.4) is 0 Å². The van der Waals surface area contributed by atoms with Crippen molar-refractivity contribution in [2.24, 2.45) is 0 Å². The molecule has 0 unspecified atom stereocenters. The number of ether oxygens (including phenoxy) is 1. The lowest BCUT2D eigenvalue weighted by Gasteiger charge is -2.08. The Morgan fingerprint density at radius 3 is 2.84 bits per heavy atom. The molecule has 1 N–H and O–H groups in total. The molecule has 1 heterocycles. The zero-order valence-corrected chi connectivity index (χ0v) is 11.4. The number of para-hydroxylation sites is 1. The first-order valence-electron chi connectivity index (χ1n) is 6.51. The Labute approximate surface area is 113 Å². The molecule has 0 fully saturated rings. The van der Waals surface area contributed by atoms with Crippen molar-refractivity contribution in [2.75, 3.05) is 13.7 Å². The first kappa shape index (κ1) is 13.5. The van der Waals surface area contributed by atoms with E-state index in [1.54, 1.807) is 13.3 Å². The van der Waals surface area contributed by atoms with Crippen LogP contribution in [0.2, 0.25) is 0 Å². The van der Waals surface area contributed by atoms with Gasteiger partial charge in [0.1, 0.15) is 5.75 Å². The fourth-order valence-electron chi connectivity index (χ4n) is 1.85. The van der Waals surface area contributed by atoms with Gasteiger partial charge >= 0.3 is 0 Å². The summed E-state index contributed by atoms with van der Waals surface area (Å²) in [6.45, 7) is 3.90. The van der Waals surface area contributed by atoms with Crippen LogP contribution in [-0.2, 0) is 6.54 Å². The Kier molecular flexibility index (Phi) is 4.86. The summed E-state index contributed by atoms with van der Waals surface area (Å²) in [5.41, 5.74) is 1.91. The molecule has 0 amide bonds. The zero-order valence-electron chi connectivity index (χ0n) is 11.4. The molecule has 0 radical (unpaired) electrons. The van der Waals surface area contributed by atoms with Crippen molar-refractivity contribution in [3.63, 3.8) is 0 Å². The monoisotopic (exact) mass is 257 g/mol. The Bertz CT molecular complexity index is 528. The minimum Gasteiger partial charge on any atom is -0.496 e. The Morgan fingerprint density at radius 1 is 1.21 bits per heavy atom. The highest BCUT2D eigenvalue weighted by Crippen LogP contribution is 2.26. The lowest BCUT2D eigenvalue weighted by molar-refractivity contribution is 0.416. The molecule has 1 aromatic heterocycles. The largest absolute Gasteiger partial charge is 0.496 e. The summed E-state index contributed by atoms with van der Waals surface area (Å²) in [4.78, 5) is 8.90. The standard InChI is InChI=1S/C15H19N3O/c1-3-9-16-11-12-8-10-17-15(18-12)13-6-4-5-7-14(13)19-2/h4-8,10,16H,3,9,11H2,1-2H3. The van der Waals surface area contributed by atoms with E-state index in [9.17, 15) is 0 Å². The van der Waals surface area contributed by atoms with E-state index in [1.165, 1.54) is 0 Å². The second-order valence-electron chi connectivity index (χ2n) is 4.25. The molecule has 0 saturated heterocycles. The molecule has 0 aliphatic heterocycles. The van der Waals surface area contributed by atoms with Gasteiger partial charge in [-0.2, -0.15) is 0 Å². The molecule has 4 nitrogen and oxygen atoms in total. The molecule has 100 valence electrons. The maximum absolute atomic E-state index is 5.34. The molecule has 2 aromatic rings. The molecule has 0 saturated carbocycles. The number of hydrogen-bond donors (Lipinski definition) is 1. The van der Waals surface area contributed by atoms with Gasteiger partial charge in [0.05, 0.1) is 18.4 Å². The minimum atomic E-state index is 0.702. The maximum atomic E-state index is 5.34. The van der Waals surface area contributed by atoms with Crippen LogP contribution in [0.25, 0.3) is 11.4 Å². The van der Waals surface area contributed by atoms with Gasteiger partial charge in [0.25, 0.3) is 0 Å². The van der Waals surface area contributed by atoms with Gasteiger partial charge in [-0.1, -0.05) is 19.1 Å². The third-order valence-electron chi connectivity index (χ3n) is 2.79. The predicted molar refractivity (Wildman–Crippen MR) is 76.0 cm³/mol. The van der Waals surface area contributed by atoms with Crippen molar-refractivity contribution in [3.8, 4) is 17.1 Å². The van der Waals surface area contributed by atoms with Crippen LogP contribution in [0.1, 0.15) is 19.0 Å². The van der Waals surface area contributed by atoms with Gasteiger partial charge in [0.2, 0.25) is 0 Å². The molecule has 4 heteroatoms. The summed E-state index contributed by atoms with van der Waals surface area (Å²) >= 11 is 0. The molecular weight excluding hydrogens is 238 g/mol. The number of methoxy groups -OCH3 is 1. The zero-order chi connectivity index (χ0) is 13.5. The van der Waals surface area contributed by atoms with Crippen molar-refractivity contribution in [1.29, 1.82) is 0 Å². The van der Waals surface area contributed by atoms with Gasteiger partial charge in [-0.15, -0.1) is 0 Å². The van der Waals surface area contributed by atoms with Gasteiger partial charge < -0.3 is 10.1 Å². The molecule has 1 aromatic carbocycles. The summed E-state index contributed by atoms with van der Waals surface area (Å²) < 4.78 is 5.34. The highest BCUT2D eigenvalue weighted by Gasteiger charge is 2.08. The van der Waals surface area contributed by atoms with Gasteiger partial charge in [-0.3, -0.25) is 0 Å². The smallest absolute Gasteiger partial charge is 0.163 e. The van der Waals surface area contributed by atoms with Gasteiger partial charge in [-0.25, -0.2) is 9.97 Å². The number of rotatable bonds is 6. The molecule has 0 aliphatic rings. The second kappa shape index (κ2) is 6.85. The van der Waals surface area contributed by atoms with E-state index >= 15 is 0 Å². The summed E-state index contributed by atoms with van der Waals surface area (Å²) in [6, 6.07) is 9.72.